The second-order valence-electron chi connectivity index (χ2n) is 5.68. The van der Waals surface area contributed by atoms with Crippen molar-refractivity contribution in [1.82, 2.24) is 15.5 Å². The van der Waals surface area contributed by atoms with Gasteiger partial charge < -0.3 is 15.4 Å². The Kier molecular flexibility index (Phi) is 8.46. The molecule has 0 aliphatic carbocycles. The molecule has 0 aromatic heterocycles. The topological polar surface area (TPSA) is 77.4 Å². The summed E-state index contributed by atoms with van der Waals surface area (Å²) in [7, 11) is 0. The molecule has 1 heterocycles. The largest absolute Gasteiger partial charge is 0.389 e. The molecule has 7 heteroatoms. The smallest absolute Gasteiger partial charge is 0.263 e. The molecule has 2 N–H and O–H groups in total. The van der Waals surface area contributed by atoms with Crippen molar-refractivity contribution in [3.05, 3.63) is 46.1 Å². The Morgan fingerprint density at radius 3 is 2.80 bits per heavy atom. The van der Waals surface area contributed by atoms with Crippen LogP contribution >= 0.6 is 15.9 Å². The number of ether oxygens (including phenoxy) is 1. The van der Waals surface area contributed by atoms with Gasteiger partial charge in [-0.3, -0.25) is 9.69 Å². The number of morpholine rings is 1. The maximum atomic E-state index is 12.0. The van der Waals surface area contributed by atoms with Gasteiger partial charge in [0.05, 0.1) is 13.2 Å². The summed E-state index contributed by atoms with van der Waals surface area (Å²) in [5.41, 5.74) is 1.27. The summed E-state index contributed by atoms with van der Waals surface area (Å²) in [5.74, 6) is -0.343. The average molecular weight is 407 g/mol. The van der Waals surface area contributed by atoms with Gasteiger partial charge in [-0.25, -0.2) is 0 Å². The van der Waals surface area contributed by atoms with E-state index in [9.17, 15) is 4.79 Å². The Bertz CT molecular complexity index is 636. The molecule has 1 fully saturated rings. The van der Waals surface area contributed by atoms with Crippen LogP contribution in [0.2, 0.25) is 0 Å². The van der Waals surface area contributed by atoms with Gasteiger partial charge in [-0.1, -0.05) is 34.1 Å². The molecule has 2 rings (SSSR count). The van der Waals surface area contributed by atoms with Gasteiger partial charge in [0.2, 0.25) is 0 Å². The lowest BCUT2D eigenvalue weighted by Gasteiger charge is -2.26. The van der Waals surface area contributed by atoms with Gasteiger partial charge in [0.15, 0.2) is 0 Å². The van der Waals surface area contributed by atoms with E-state index in [1.54, 1.807) is 0 Å². The number of benzene rings is 1. The minimum Gasteiger partial charge on any atom is -0.389 e. The van der Waals surface area contributed by atoms with Crippen LogP contribution in [0.5, 0.6) is 0 Å². The number of hydrogen-bond donors (Lipinski definition) is 2. The molecule has 6 nitrogen and oxygen atoms in total. The van der Waals surface area contributed by atoms with E-state index in [0.717, 1.165) is 43.7 Å². The highest BCUT2D eigenvalue weighted by Crippen LogP contribution is 2.15. The lowest BCUT2D eigenvalue weighted by Crippen LogP contribution is -2.41. The van der Waals surface area contributed by atoms with Crippen molar-refractivity contribution < 1.29 is 9.53 Å². The van der Waals surface area contributed by atoms with E-state index in [1.165, 1.54) is 11.8 Å². The molecule has 1 aliphatic rings. The van der Waals surface area contributed by atoms with Crippen LogP contribution in [-0.2, 0) is 16.0 Å². The first kappa shape index (κ1) is 19.4. The lowest BCUT2D eigenvalue weighted by atomic mass is 10.1. The zero-order chi connectivity index (χ0) is 17.9. The number of hydrogen-bond acceptors (Lipinski definition) is 5. The molecule has 1 aliphatic heterocycles. The predicted octanol–water partition coefficient (Wildman–Crippen LogP) is 1.44. The quantitative estimate of drug-likeness (QED) is 0.388. The Balaban J connectivity index is 1.70. The van der Waals surface area contributed by atoms with Crippen molar-refractivity contribution >= 4 is 21.8 Å². The van der Waals surface area contributed by atoms with E-state index < -0.39 is 0 Å². The van der Waals surface area contributed by atoms with Gasteiger partial charge in [0.1, 0.15) is 11.6 Å². The van der Waals surface area contributed by atoms with E-state index in [1.807, 2.05) is 30.3 Å². The van der Waals surface area contributed by atoms with Crippen molar-refractivity contribution in [3.63, 3.8) is 0 Å². The zero-order valence-electron chi connectivity index (χ0n) is 14.1. The van der Waals surface area contributed by atoms with Gasteiger partial charge in [0.25, 0.3) is 5.91 Å². The molecule has 0 bridgehead atoms. The van der Waals surface area contributed by atoms with Crippen molar-refractivity contribution in [2.75, 3.05) is 45.9 Å². The third-order valence-electron chi connectivity index (χ3n) is 3.93. The molecule has 1 saturated heterocycles. The summed E-state index contributed by atoms with van der Waals surface area (Å²) in [6, 6.07) is 9.93. The minimum atomic E-state index is -0.343. The van der Waals surface area contributed by atoms with Gasteiger partial charge in [0, 0.05) is 43.4 Å². The fourth-order valence-corrected chi connectivity index (χ4v) is 2.96. The van der Waals surface area contributed by atoms with Gasteiger partial charge >= 0.3 is 0 Å². The Hall–Kier alpha value is -1.88. The summed E-state index contributed by atoms with van der Waals surface area (Å²) < 4.78 is 6.34. The van der Waals surface area contributed by atoms with Crippen molar-refractivity contribution in [2.24, 2.45) is 0 Å². The standard InChI is InChI=1S/C18H23BrN4O2/c19-17-4-2-1-3-15(17)5-6-21-14-16(13-20)18(24)22-7-8-23-9-11-25-12-10-23/h1-4,14,21H,5-12H2,(H,22,24)/b16-14-. The minimum absolute atomic E-state index is 0.0918. The molecule has 1 amide bonds. The fraction of sp³-hybridized carbons (Fsp3) is 0.444. The SMILES string of the molecule is N#C/C(=C/NCCc1ccccc1Br)C(=O)NCCN1CCOCC1. The zero-order valence-corrected chi connectivity index (χ0v) is 15.7. The summed E-state index contributed by atoms with van der Waals surface area (Å²) in [6.07, 6.45) is 2.29. The van der Waals surface area contributed by atoms with Gasteiger partial charge in [-0.05, 0) is 18.1 Å². The summed E-state index contributed by atoms with van der Waals surface area (Å²) in [4.78, 5) is 14.3. The average Bonchev–Trinajstić information content (AvgIpc) is 2.64. The Morgan fingerprint density at radius 1 is 1.32 bits per heavy atom. The van der Waals surface area contributed by atoms with Crippen molar-refractivity contribution in [3.8, 4) is 6.07 Å². The molecule has 0 atom stereocenters. The van der Waals surface area contributed by atoms with E-state index >= 15 is 0 Å². The predicted molar refractivity (Wildman–Crippen MR) is 99.8 cm³/mol. The summed E-state index contributed by atoms with van der Waals surface area (Å²) in [5, 5.41) is 15.0. The number of amides is 1. The monoisotopic (exact) mass is 406 g/mol. The van der Waals surface area contributed by atoms with E-state index in [0.29, 0.717) is 13.1 Å². The van der Waals surface area contributed by atoms with Crippen molar-refractivity contribution in [1.29, 1.82) is 5.26 Å². The van der Waals surface area contributed by atoms with E-state index in [4.69, 9.17) is 10.00 Å². The molecule has 1 aromatic rings. The number of carbonyl (C=O) groups excluding carboxylic acids is 1. The summed E-state index contributed by atoms with van der Waals surface area (Å²) in [6.45, 7) is 5.17. The van der Waals surface area contributed by atoms with Crippen LogP contribution in [0.25, 0.3) is 0 Å². The Labute approximate surface area is 157 Å². The maximum absolute atomic E-state index is 12.0. The number of carbonyl (C=O) groups is 1. The molecule has 0 saturated carbocycles. The van der Waals surface area contributed by atoms with Crippen molar-refractivity contribution in [2.45, 2.75) is 6.42 Å². The first-order valence-electron chi connectivity index (χ1n) is 8.36. The van der Waals surface area contributed by atoms with Crippen LogP contribution in [0.1, 0.15) is 5.56 Å². The first-order chi connectivity index (χ1) is 12.2. The maximum Gasteiger partial charge on any atom is 0.263 e. The molecule has 0 spiro atoms. The first-order valence-corrected chi connectivity index (χ1v) is 9.15. The second-order valence-corrected chi connectivity index (χ2v) is 6.53. The molecule has 1 aromatic carbocycles. The fourth-order valence-electron chi connectivity index (χ4n) is 2.48. The van der Waals surface area contributed by atoms with E-state index in [-0.39, 0.29) is 11.5 Å². The highest BCUT2D eigenvalue weighted by atomic mass is 79.9. The van der Waals surface area contributed by atoms with E-state index in [2.05, 4.69) is 31.5 Å². The van der Waals surface area contributed by atoms with Crippen LogP contribution in [0.15, 0.2) is 40.5 Å². The molecular weight excluding hydrogens is 384 g/mol. The molecule has 0 unspecified atom stereocenters. The number of rotatable bonds is 8. The Morgan fingerprint density at radius 2 is 2.08 bits per heavy atom. The van der Waals surface area contributed by atoms with Crippen LogP contribution in [0.3, 0.4) is 0 Å². The van der Waals surface area contributed by atoms with Crippen LogP contribution in [0, 0.1) is 11.3 Å². The molecule has 0 radical (unpaired) electrons. The van der Waals surface area contributed by atoms with Gasteiger partial charge in [-0.15, -0.1) is 0 Å². The highest BCUT2D eigenvalue weighted by molar-refractivity contribution is 9.10. The second kappa shape index (κ2) is 10.9. The number of nitrogens with zero attached hydrogens (tertiary/aromatic N) is 2. The third-order valence-corrected chi connectivity index (χ3v) is 4.70. The van der Waals surface area contributed by atoms with Crippen LogP contribution < -0.4 is 10.6 Å². The molecule has 134 valence electrons. The molecular formula is C18H23BrN4O2. The number of halogens is 1. The van der Waals surface area contributed by atoms with Gasteiger partial charge in [-0.2, -0.15) is 5.26 Å². The highest BCUT2D eigenvalue weighted by Gasteiger charge is 2.12. The summed E-state index contributed by atoms with van der Waals surface area (Å²) >= 11 is 3.50. The lowest BCUT2D eigenvalue weighted by molar-refractivity contribution is -0.117. The third kappa shape index (κ3) is 6.86. The molecule has 25 heavy (non-hydrogen) atoms. The number of nitriles is 1. The normalized spacial score (nSPS) is 15.4. The van der Waals surface area contributed by atoms with Crippen LogP contribution in [0.4, 0.5) is 0 Å². The number of nitrogens with one attached hydrogen (secondary N) is 2. The van der Waals surface area contributed by atoms with Crippen LogP contribution in [-0.4, -0.2) is 56.7 Å².